The Hall–Kier alpha value is -1.57. The Bertz CT molecular complexity index is 891. The lowest BCUT2D eigenvalue weighted by Gasteiger charge is -2.55. The average molecular weight is 445 g/mol. The van der Waals surface area contributed by atoms with E-state index < -0.39 is 11.6 Å². The van der Waals surface area contributed by atoms with E-state index in [1.165, 1.54) is 0 Å². The van der Waals surface area contributed by atoms with Crippen LogP contribution in [0.25, 0.3) is 0 Å². The summed E-state index contributed by atoms with van der Waals surface area (Å²) in [4.78, 5) is 2.25. The normalized spacial score (nSPS) is 27.2. The highest BCUT2D eigenvalue weighted by Crippen LogP contribution is 2.54. The molecule has 2 aromatic rings. The maximum absolute atomic E-state index is 11.6. The molecule has 1 aliphatic heterocycles. The quantitative estimate of drug-likeness (QED) is 0.523. The Morgan fingerprint density at radius 1 is 1.10 bits per heavy atom. The monoisotopic (exact) mass is 444 g/mol. The van der Waals surface area contributed by atoms with Crippen LogP contribution in [0, 0.1) is 16.7 Å². The fraction of sp³-hybridized carbons (Fsp3) is 0.480. The Balaban J connectivity index is 2.21. The predicted octanol–water partition coefficient (Wildman–Crippen LogP) is 6.95. The minimum absolute atomic E-state index is 0.0348. The zero-order chi connectivity index (χ0) is 21.9. The number of rotatable bonds is 6. The van der Waals surface area contributed by atoms with Gasteiger partial charge in [0.1, 0.15) is 6.23 Å². The lowest BCUT2D eigenvalue weighted by atomic mass is 9.66. The van der Waals surface area contributed by atoms with E-state index in [9.17, 15) is 10.4 Å². The number of hydrogen-bond acceptors (Lipinski definition) is 3. The predicted molar refractivity (Wildman–Crippen MR) is 124 cm³/mol. The van der Waals surface area contributed by atoms with Crippen LogP contribution >= 0.6 is 23.2 Å². The standard InChI is InChI=1S/C25H30Cl2N2O/c1-4-21(5-2)29-23(17-9-11-19(26)12-10-17)22(18-7-6-8-20(27)15-18)16-25(3,13-14-28)24(29)30/h6-12,15,21-24,30H,4-5,13,16H2,1-3H3/t22-,23-,24?,25+/m1/s1. The molecule has 3 rings (SSSR count). The molecule has 0 amide bonds. The Morgan fingerprint density at radius 3 is 2.33 bits per heavy atom. The van der Waals surface area contributed by atoms with Crippen LogP contribution in [0.1, 0.15) is 69.5 Å². The van der Waals surface area contributed by atoms with Gasteiger partial charge in [0.15, 0.2) is 0 Å². The first-order valence-corrected chi connectivity index (χ1v) is 11.4. The van der Waals surface area contributed by atoms with Gasteiger partial charge in [-0.25, -0.2) is 0 Å². The van der Waals surface area contributed by atoms with Crippen LogP contribution in [0.5, 0.6) is 0 Å². The average Bonchev–Trinajstić information content (AvgIpc) is 2.73. The Kier molecular flexibility index (Phi) is 7.47. The van der Waals surface area contributed by atoms with E-state index in [4.69, 9.17) is 23.2 Å². The van der Waals surface area contributed by atoms with Crippen molar-refractivity contribution >= 4 is 23.2 Å². The number of hydrogen-bond donors (Lipinski definition) is 1. The van der Waals surface area contributed by atoms with Crippen LogP contribution in [0.4, 0.5) is 0 Å². The topological polar surface area (TPSA) is 47.3 Å². The van der Waals surface area contributed by atoms with Crippen molar-refractivity contribution in [2.45, 2.75) is 70.7 Å². The van der Waals surface area contributed by atoms with Crippen LogP contribution in [0.3, 0.4) is 0 Å². The van der Waals surface area contributed by atoms with Crippen molar-refractivity contribution in [3.63, 3.8) is 0 Å². The third kappa shape index (κ3) is 4.53. The lowest BCUT2D eigenvalue weighted by Crippen LogP contribution is -2.58. The summed E-state index contributed by atoms with van der Waals surface area (Å²) < 4.78 is 0. The van der Waals surface area contributed by atoms with Gasteiger partial charge in [0.05, 0.1) is 6.07 Å². The maximum Gasteiger partial charge on any atom is 0.114 e. The van der Waals surface area contributed by atoms with Crippen molar-refractivity contribution in [2.75, 3.05) is 0 Å². The van der Waals surface area contributed by atoms with Crippen LogP contribution in [0.15, 0.2) is 48.5 Å². The van der Waals surface area contributed by atoms with E-state index in [1.54, 1.807) is 0 Å². The first-order chi connectivity index (χ1) is 14.3. The molecular formula is C25H30Cl2N2O. The smallest absolute Gasteiger partial charge is 0.114 e. The maximum atomic E-state index is 11.6. The molecule has 0 saturated carbocycles. The summed E-state index contributed by atoms with van der Waals surface area (Å²) in [6.07, 6.45) is 2.13. The van der Waals surface area contributed by atoms with Crippen molar-refractivity contribution in [1.82, 2.24) is 4.90 Å². The number of piperidine rings is 1. The molecule has 1 aliphatic rings. The van der Waals surface area contributed by atoms with Crippen molar-refractivity contribution in [3.8, 4) is 6.07 Å². The summed E-state index contributed by atoms with van der Waals surface area (Å²) in [6, 6.07) is 18.4. The molecule has 0 aromatic heterocycles. The molecule has 1 fully saturated rings. The highest BCUT2D eigenvalue weighted by atomic mass is 35.5. The van der Waals surface area contributed by atoms with Gasteiger partial charge in [-0.2, -0.15) is 5.26 Å². The molecule has 1 unspecified atom stereocenters. The van der Waals surface area contributed by atoms with Gasteiger partial charge < -0.3 is 5.11 Å². The number of nitrogens with zero attached hydrogens (tertiary/aromatic N) is 2. The van der Waals surface area contributed by atoms with Gasteiger partial charge in [0.25, 0.3) is 0 Å². The molecule has 1 saturated heterocycles. The Morgan fingerprint density at radius 2 is 1.77 bits per heavy atom. The zero-order valence-corrected chi connectivity index (χ0v) is 19.4. The minimum Gasteiger partial charge on any atom is -0.378 e. The molecule has 3 nitrogen and oxygen atoms in total. The van der Waals surface area contributed by atoms with E-state index in [-0.39, 0.29) is 18.0 Å². The summed E-state index contributed by atoms with van der Waals surface area (Å²) in [5.41, 5.74) is 1.72. The second kappa shape index (κ2) is 9.71. The number of likely N-dealkylation sites (tertiary alicyclic amines) is 1. The van der Waals surface area contributed by atoms with E-state index in [0.717, 1.165) is 24.0 Å². The molecule has 4 atom stereocenters. The van der Waals surface area contributed by atoms with Crippen molar-refractivity contribution in [1.29, 1.82) is 5.26 Å². The van der Waals surface area contributed by atoms with Gasteiger partial charge in [-0.1, -0.05) is 68.2 Å². The minimum atomic E-state index is -0.710. The van der Waals surface area contributed by atoms with Crippen LogP contribution in [-0.2, 0) is 0 Å². The van der Waals surface area contributed by atoms with E-state index in [1.807, 2.05) is 37.3 Å². The van der Waals surface area contributed by atoms with Gasteiger partial charge in [-0.15, -0.1) is 0 Å². The highest BCUT2D eigenvalue weighted by molar-refractivity contribution is 6.30. The number of benzene rings is 2. The van der Waals surface area contributed by atoms with Gasteiger partial charge >= 0.3 is 0 Å². The molecule has 2 aromatic carbocycles. The number of aliphatic hydroxyl groups excluding tert-OH is 1. The fourth-order valence-corrected chi connectivity index (χ4v) is 5.35. The molecule has 0 aliphatic carbocycles. The molecule has 0 radical (unpaired) electrons. The van der Waals surface area contributed by atoms with Gasteiger partial charge in [0, 0.05) is 39.9 Å². The molecule has 5 heteroatoms. The molecule has 0 bridgehead atoms. The summed E-state index contributed by atoms with van der Waals surface area (Å²) >= 11 is 12.5. The number of halogens is 2. The molecule has 0 spiro atoms. The van der Waals surface area contributed by atoms with Crippen molar-refractivity contribution in [2.24, 2.45) is 5.41 Å². The Labute approximate surface area is 190 Å². The second-order valence-corrected chi connectivity index (χ2v) is 9.52. The largest absolute Gasteiger partial charge is 0.378 e. The first-order valence-electron chi connectivity index (χ1n) is 10.7. The number of aliphatic hydroxyl groups is 1. The first kappa shape index (κ1) is 23.1. The third-order valence-corrected chi connectivity index (χ3v) is 7.12. The summed E-state index contributed by atoms with van der Waals surface area (Å²) in [5.74, 6) is 0.0900. The summed E-state index contributed by atoms with van der Waals surface area (Å²) in [6.45, 7) is 6.35. The third-order valence-electron chi connectivity index (χ3n) is 6.63. The van der Waals surface area contributed by atoms with Crippen LogP contribution in [0.2, 0.25) is 10.0 Å². The van der Waals surface area contributed by atoms with Crippen molar-refractivity contribution in [3.05, 3.63) is 69.7 Å². The van der Waals surface area contributed by atoms with Gasteiger partial charge in [-0.3, -0.25) is 4.90 Å². The fourth-order valence-electron chi connectivity index (χ4n) is 5.02. The molecule has 1 N–H and O–H groups in total. The van der Waals surface area contributed by atoms with Crippen LogP contribution in [-0.4, -0.2) is 22.3 Å². The lowest BCUT2D eigenvalue weighted by molar-refractivity contribution is -0.165. The molecule has 160 valence electrons. The second-order valence-electron chi connectivity index (χ2n) is 8.64. The van der Waals surface area contributed by atoms with E-state index in [2.05, 4.69) is 43.0 Å². The summed E-state index contributed by atoms with van der Waals surface area (Å²) in [5, 5.41) is 22.5. The van der Waals surface area contributed by atoms with E-state index >= 15 is 0 Å². The summed E-state index contributed by atoms with van der Waals surface area (Å²) in [7, 11) is 0. The highest BCUT2D eigenvalue weighted by Gasteiger charge is 2.51. The molecule has 1 heterocycles. The molecular weight excluding hydrogens is 415 g/mol. The number of nitriles is 1. The van der Waals surface area contributed by atoms with Gasteiger partial charge in [-0.05, 0) is 54.7 Å². The van der Waals surface area contributed by atoms with Crippen LogP contribution < -0.4 is 0 Å². The van der Waals surface area contributed by atoms with Crippen molar-refractivity contribution < 1.29 is 5.11 Å². The zero-order valence-electron chi connectivity index (χ0n) is 17.9. The molecule has 30 heavy (non-hydrogen) atoms. The van der Waals surface area contributed by atoms with Gasteiger partial charge in [0.2, 0.25) is 0 Å². The SMILES string of the molecule is CCC(CC)N1C(O)[C@@](C)(CC#N)C[C@H](c2cccc(Cl)c2)[C@H]1c1ccc(Cl)cc1. The van der Waals surface area contributed by atoms with E-state index in [0.29, 0.717) is 22.9 Å².